The lowest BCUT2D eigenvalue weighted by atomic mass is 9.80. The van der Waals surface area contributed by atoms with Gasteiger partial charge in [0.1, 0.15) is 0 Å². The van der Waals surface area contributed by atoms with Gasteiger partial charge in [0.25, 0.3) is 0 Å². The summed E-state index contributed by atoms with van der Waals surface area (Å²) in [6, 6.07) is 0.877. The third-order valence-electron chi connectivity index (χ3n) is 6.07. The molecule has 0 amide bonds. The summed E-state index contributed by atoms with van der Waals surface area (Å²) in [5, 5.41) is 3.49. The van der Waals surface area contributed by atoms with Crippen LogP contribution < -0.4 is 5.32 Å². The molecule has 1 N–H and O–H groups in total. The number of hydrogen-bond donors (Lipinski definition) is 1. The van der Waals surface area contributed by atoms with Gasteiger partial charge < -0.3 is 24.4 Å². The van der Waals surface area contributed by atoms with Crippen molar-refractivity contribution in [2.45, 2.75) is 71.3 Å². The number of rotatable bonds is 16. The quantitative estimate of drug-likeness (QED) is 0.290. The Morgan fingerprint density at radius 1 is 1.00 bits per heavy atom. The zero-order valence-corrected chi connectivity index (χ0v) is 20.2. The number of unbranched alkanes of at least 4 members (excludes halogenated alkanes) is 2. The Labute approximate surface area is 186 Å². The van der Waals surface area contributed by atoms with Gasteiger partial charge in [0.15, 0.2) is 0 Å². The summed E-state index contributed by atoms with van der Waals surface area (Å²) in [6.45, 7) is 17.1. The van der Waals surface area contributed by atoms with Gasteiger partial charge >= 0.3 is 0 Å². The van der Waals surface area contributed by atoms with Crippen LogP contribution in [0, 0.1) is 11.8 Å². The second kappa shape index (κ2) is 19.2. The van der Waals surface area contributed by atoms with E-state index in [0.29, 0.717) is 13.2 Å². The normalized spacial score (nSPS) is 21.7. The third-order valence-corrected chi connectivity index (χ3v) is 6.07. The molecule has 0 radical (unpaired) electrons. The van der Waals surface area contributed by atoms with E-state index in [1.165, 1.54) is 71.1 Å². The lowest BCUT2D eigenvalue weighted by Crippen LogP contribution is -2.47. The Hall–Kier alpha value is -0.460. The topological polar surface area (TPSA) is 43.0 Å². The van der Waals surface area contributed by atoms with E-state index in [1.54, 1.807) is 7.11 Å². The molecular weight excluding hydrogens is 376 g/mol. The molecule has 1 saturated heterocycles. The zero-order valence-electron chi connectivity index (χ0n) is 20.2. The van der Waals surface area contributed by atoms with Gasteiger partial charge in [-0.15, -0.1) is 6.58 Å². The van der Waals surface area contributed by atoms with Crippen LogP contribution in [-0.2, 0) is 14.2 Å². The van der Waals surface area contributed by atoms with E-state index in [4.69, 9.17) is 14.2 Å². The highest BCUT2D eigenvalue weighted by Gasteiger charge is 2.31. The van der Waals surface area contributed by atoms with E-state index in [0.717, 1.165) is 44.1 Å². The molecule has 0 aromatic carbocycles. The van der Waals surface area contributed by atoms with Gasteiger partial charge in [0, 0.05) is 32.9 Å². The number of hydrogen-bond acceptors (Lipinski definition) is 5. The average Bonchev–Trinajstić information content (AvgIpc) is 2.74. The highest BCUT2D eigenvalue weighted by Crippen LogP contribution is 2.32. The van der Waals surface area contributed by atoms with Gasteiger partial charge in [-0.2, -0.15) is 0 Å². The fourth-order valence-corrected chi connectivity index (χ4v) is 4.23. The van der Waals surface area contributed by atoms with Crippen molar-refractivity contribution in [3.8, 4) is 0 Å². The molecule has 0 unspecified atom stereocenters. The molecule has 1 saturated carbocycles. The predicted molar refractivity (Wildman–Crippen MR) is 127 cm³/mol. The minimum atomic E-state index is 0.696. The van der Waals surface area contributed by atoms with Crippen LogP contribution in [-0.4, -0.2) is 77.3 Å². The SMILES string of the molecule is C=CCOCCCCCN(CC1CCNCC1)C1CC(C)C1.CCCOCCOC. The van der Waals surface area contributed by atoms with Crippen LogP contribution in [0.3, 0.4) is 0 Å². The molecule has 0 spiro atoms. The zero-order chi connectivity index (χ0) is 21.9. The first-order valence-corrected chi connectivity index (χ1v) is 12.4. The Morgan fingerprint density at radius 2 is 1.77 bits per heavy atom. The standard InChI is InChI=1S/C19H36N2O.C6H14O2/c1-3-12-22-13-6-4-5-11-21(19-14-17(2)15-19)16-18-7-9-20-10-8-18;1-3-4-8-6-5-7-2/h3,17-20H,1,4-16H2,2H3;3-6H2,1-2H3. The first-order chi connectivity index (χ1) is 14.7. The molecule has 0 aromatic rings. The van der Waals surface area contributed by atoms with E-state index in [1.807, 2.05) is 6.08 Å². The van der Waals surface area contributed by atoms with Crippen molar-refractivity contribution in [1.29, 1.82) is 0 Å². The van der Waals surface area contributed by atoms with Crippen LogP contribution in [0.4, 0.5) is 0 Å². The second-order valence-corrected chi connectivity index (χ2v) is 8.95. The van der Waals surface area contributed by atoms with Crippen molar-refractivity contribution in [3.05, 3.63) is 12.7 Å². The second-order valence-electron chi connectivity index (χ2n) is 8.95. The Bertz CT molecular complexity index is 377. The van der Waals surface area contributed by atoms with E-state index >= 15 is 0 Å². The van der Waals surface area contributed by atoms with Crippen LogP contribution in [0.25, 0.3) is 0 Å². The van der Waals surface area contributed by atoms with Crippen LogP contribution in [0.5, 0.6) is 0 Å². The van der Waals surface area contributed by atoms with Gasteiger partial charge in [-0.3, -0.25) is 0 Å². The molecule has 1 aliphatic carbocycles. The number of nitrogens with one attached hydrogen (secondary N) is 1. The number of methoxy groups -OCH3 is 1. The highest BCUT2D eigenvalue weighted by molar-refractivity contribution is 4.86. The maximum Gasteiger partial charge on any atom is 0.0700 e. The fourth-order valence-electron chi connectivity index (χ4n) is 4.23. The van der Waals surface area contributed by atoms with E-state index in [2.05, 4.69) is 30.6 Å². The molecule has 178 valence electrons. The molecule has 0 atom stereocenters. The maximum atomic E-state index is 5.47. The smallest absolute Gasteiger partial charge is 0.0700 e. The summed E-state index contributed by atoms with van der Waals surface area (Å²) in [7, 11) is 1.68. The molecule has 2 fully saturated rings. The van der Waals surface area contributed by atoms with Crippen molar-refractivity contribution in [2.75, 3.05) is 66.3 Å². The summed E-state index contributed by atoms with van der Waals surface area (Å²) in [4.78, 5) is 2.82. The first-order valence-electron chi connectivity index (χ1n) is 12.4. The molecule has 2 aliphatic rings. The molecule has 0 aromatic heterocycles. The monoisotopic (exact) mass is 426 g/mol. The lowest BCUT2D eigenvalue weighted by molar-refractivity contribution is 0.0635. The molecule has 1 heterocycles. The van der Waals surface area contributed by atoms with Crippen LogP contribution >= 0.6 is 0 Å². The minimum Gasteiger partial charge on any atom is -0.382 e. The van der Waals surface area contributed by atoms with Gasteiger partial charge in [0.2, 0.25) is 0 Å². The van der Waals surface area contributed by atoms with Crippen LogP contribution in [0.15, 0.2) is 12.7 Å². The van der Waals surface area contributed by atoms with E-state index < -0.39 is 0 Å². The average molecular weight is 427 g/mol. The number of ether oxygens (including phenoxy) is 3. The number of nitrogens with zero attached hydrogens (tertiary/aromatic N) is 1. The molecular formula is C25H50N2O3. The maximum absolute atomic E-state index is 5.47. The summed E-state index contributed by atoms with van der Waals surface area (Å²) in [5.41, 5.74) is 0. The third kappa shape index (κ3) is 13.8. The molecule has 30 heavy (non-hydrogen) atoms. The van der Waals surface area contributed by atoms with E-state index in [9.17, 15) is 0 Å². The Morgan fingerprint density at radius 3 is 2.40 bits per heavy atom. The van der Waals surface area contributed by atoms with Crippen molar-refractivity contribution in [2.24, 2.45) is 11.8 Å². The van der Waals surface area contributed by atoms with Crippen molar-refractivity contribution >= 4 is 0 Å². The number of piperidine rings is 1. The summed E-state index contributed by atoms with van der Waals surface area (Å²) in [6.07, 6.45) is 12.3. The van der Waals surface area contributed by atoms with Crippen molar-refractivity contribution in [3.63, 3.8) is 0 Å². The van der Waals surface area contributed by atoms with Crippen molar-refractivity contribution in [1.82, 2.24) is 10.2 Å². The van der Waals surface area contributed by atoms with Crippen LogP contribution in [0.2, 0.25) is 0 Å². The van der Waals surface area contributed by atoms with Gasteiger partial charge in [0.05, 0.1) is 19.8 Å². The predicted octanol–water partition coefficient (Wildman–Crippen LogP) is 4.52. The molecule has 5 nitrogen and oxygen atoms in total. The molecule has 5 heteroatoms. The lowest BCUT2D eigenvalue weighted by Gasteiger charge is -2.43. The fraction of sp³-hybridized carbons (Fsp3) is 0.920. The van der Waals surface area contributed by atoms with Gasteiger partial charge in [-0.05, 0) is 82.8 Å². The summed E-state index contributed by atoms with van der Waals surface area (Å²) < 4.78 is 15.3. The Balaban J connectivity index is 0.000000479. The minimum absolute atomic E-state index is 0.696. The van der Waals surface area contributed by atoms with Gasteiger partial charge in [-0.25, -0.2) is 0 Å². The summed E-state index contributed by atoms with van der Waals surface area (Å²) >= 11 is 0. The van der Waals surface area contributed by atoms with E-state index in [-0.39, 0.29) is 0 Å². The molecule has 2 rings (SSSR count). The van der Waals surface area contributed by atoms with Crippen LogP contribution in [0.1, 0.15) is 65.2 Å². The van der Waals surface area contributed by atoms with Gasteiger partial charge in [-0.1, -0.05) is 19.9 Å². The summed E-state index contributed by atoms with van der Waals surface area (Å²) in [5.74, 6) is 1.88. The molecule has 0 bridgehead atoms. The largest absolute Gasteiger partial charge is 0.382 e. The van der Waals surface area contributed by atoms with Crippen molar-refractivity contribution < 1.29 is 14.2 Å². The highest BCUT2D eigenvalue weighted by atomic mass is 16.5. The Kier molecular flexibility index (Phi) is 17.7. The molecule has 1 aliphatic heterocycles. The first kappa shape index (κ1) is 27.6.